The molecule has 2 aliphatic rings. The topological polar surface area (TPSA) is 15.7 Å². The van der Waals surface area contributed by atoms with Gasteiger partial charge in [0.25, 0.3) is 0 Å². The highest BCUT2D eigenvalue weighted by Crippen LogP contribution is 2.63. The first-order valence-electron chi connectivity index (χ1n) is 23.4. The quantitative estimate of drug-likeness (QED) is 0.155. The summed E-state index contributed by atoms with van der Waals surface area (Å²) in [5.41, 5.74) is 13.0. The fraction of sp³-hybridized carbons (Fsp3) is 0.0154. The third-order valence-electron chi connectivity index (χ3n) is 14.4. The number of hydrogen-bond donors (Lipinski definition) is 0. The first-order chi connectivity index (χ1) is 33.7. The number of rotatable bonds is 6. The van der Waals surface area contributed by atoms with Crippen LogP contribution in [0.3, 0.4) is 0 Å². The summed E-state index contributed by atoms with van der Waals surface area (Å²) in [6.45, 7) is 0. The van der Waals surface area contributed by atoms with Crippen LogP contribution in [-0.2, 0) is 5.41 Å². The van der Waals surface area contributed by atoms with Crippen LogP contribution >= 0.6 is 0 Å². The molecular weight excluding hydrogens is 825 g/mol. The summed E-state index contributed by atoms with van der Waals surface area (Å²) in [5.74, 6) is 1.65. The number of fused-ring (bicyclic) bond motifs is 15. The maximum Gasteiger partial charge on any atom is 0.134 e. The van der Waals surface area contributed by atoms with E-state index < -0.39 is 5.41 Å². The molecule has 1 aliphatic heterocycles. The highest BCUT2D eigenvalue weighted by molar-refractivity contribution is 6.16. The molecule has 1 aliphatic carbocycles. The number of benzene rings is 12. The molecule has 3 heteroatoms. The van der Waals surface area contributed by atoms with Gasteiger partial charge < -0.3 is 14.5 Å². The Kier molecular flexibility index (Phi) is 8.50. The average molecular weight is 867 g/mol. The molecule has 318 valence electrons. The molecule has 0 atom stereocenters. The smallest absolute Gasteiger partial charge is 0.134 e. The van der Waals surface area contributed by atoms with E-state index in [1.54, 1.807) is 0 Å². The van der Waals surface area contributed by atoms with Gasteiger partial charge in [-0.15, -0.1) is 0 Å². The van der Waals surface area contributed by atoms with Gasteiger partial charge in [0, 0.05) is 56.8 Å². The van der Waals surface area contributed by atoms with E-state index >= 15 is 0 Å². The van der Waals surface area contributed by atoms with E-state index in [-0.39, 0.29) is 0 Å². The molecule has 1 spiro atoms. The number of para-hydroxylation sites is 2. The van der Waals surface area contributed by atoms with Crippen LogP contribution in [0.5, 0.6) is 11.5 Å². The fourth-order valence-corrected chi connectivity index (χ4v) is 11.6. The molecule has 0 fully saturated rings. The van der Waals surface area contributed by atoms with E-state index in [1.807, 2.05) is 0 Å². The summed E-state index contributed by atoms with van der Waals surface area (Å²) >= 11 is 0. The number of ether oxygens (including phenoxy) is 1. The molecule has 1 heterocycles. The highest BCUT2D eigenvalue weighted by Gasteiger charge is 2.51. The third-order valence-corrected chi connectivity index (χ3v) is 14.4. The molecule has 0 radical (unpaired) electrons. The highest BCUT2D eigenvalue weighted by atomic mass is 16.5. The minimum absolute atomic E-state index is 0.645. The normalized spacial score (nSPS) is 12.9. The first-order valence-corrected chi connectivity index (χ1v) is 23.4. The number of nitrogens with zero attached hydrogens (tertiary/aromatic N) is 2. The zero-order valence-corrected chi connectivity index (χ0v) is 37.1. The van der Waals surface area contributed by atoms with Gasteiger partial charge in [-0.25, -0.2) is 0 Å². The Bertz CT molecular complexity index is 3710. The molecule has 3 nitrogen and oxygen atoms in total. The van der Waals surface area contributed by atoms with Crippen molar-refractivity contribution in [3.8, 4) is 22.6 Å². The van der Waals surface area contributed by atoms with Gasteiger partial charge in [0.05, 0.1) is 16.8 Å². The van der Waals surface area contributed by atoms with Crippen LogP contribution < -0.4 is 14.5 Å². The Balaban J connectivity index is 1.03. The van der Waals surface area contributed by atoms with Crippen molar-refractivity contribution >= 4 is 77.2 Å². The molecule has 0 saturated carbocycles. The van der Waals surface area contributed by atoms with Crippen molar-refractivity contribution in [1.29, 1.82) is 0 Å². The molecule has 68 heavy (non-hydrogen) atoms. The monoisotopic (exact) mass is 866 g/mol. The minimum Gasteiger partial charge on any atom is -0.457 e. The van der Waals surface area contributed by atoms with E-state index in [1.165, 1.54) is 65.3 Å². The van der Waals surface area contributed by atoms with Gasteiger partial charge in [-0.1, -0.05) is 194 Å². The Morgan fingerprint density at radius 1 is 0.265 bits per heavy atom. The summed E-state index contributed by atoms with van der Waals surface area (Å²) in [6.07, 6.45) is 0. The maximum absolute atomic E-state index is 7.48. The van der Waals surface area contributed by atoms with Crippen LogP contribution in [0.25, 0.3) is 54.2 Å². The van der Waals surface area contributed by atoms with Crippen molar-refractivity contribution in [2.45, 2.75) is 5.41 Å². The summed E-state index contributed by atoms with van der Waals surface area (Å²) in [4.78, 5) is 4.80. The van der Waals surface area contributed by atoms with Gasteiger partial charge >= 0.3 is 0 Å². The van der Waals surface area contributed by atoms with Gasteiger partial charge in [-0.05, 0) is 103 Å². The predicted molar refractivity (Wildman–Crippen MR) is 283 cm³/mol. The van der Waals surface area contributed by atoms with Crippen LogP contribution in [0.1, 0.15) is 22.3 Å². The van der Waals surface area contributed by atoms with Crippen molar-refractivity contribution in [2.75, 3.05) is 9.80 Å². The lowest BCUT2D eigenvalue weighted by Gasteiger charge is -2.40. The molecular formula is C65H42N2O. The SMILES string of the molecule is c1ccc(N(c2ccc3c(c2)Oc2cc(N(c4ccccc4)c4cc5ccccc5c5ccccc45)ccc2C32c3ccccc3-c3ccccc32)c2cc3ccccc3c3ccccc23)cc1. The Hall–Kier alpha value is -8.92. The molecule has 0 N–H and O–H groups in total. The van der Waals surface area contributed by atoms with Crippen molar-refractivity contribution in [1.82, 2.24) is 0 Å². The minimum atomic E-state index is -0.645. The molecule has 12 aromatic rings. The van der Waals surface area contributed by atoms with Gasteiger partial charge in [0.2, 0.25) is 0 Å². The van der Waals surface area contributed by atoms with Crippen LogP contribution in [0.4, 0.5) is 34.1 Å². The lowest BCUT2D eigenvalue weighted by atomic mass is 9.66. The van der Waals surface area contributed by atoms with Crippen molar-refractivity contribution in [2.24, 2.45) is 0 Å². The number of hydrogen-bond acceptors (Lipinski definition) is 3. The third kappa shape index (κ3) is 5.60. The summed E-state index contributed by atoms with van der Waals surface area (Å²) in [6, 6.07) is 92.8. The summed E-state index contributed by atoms with van der Waals surface area (Å²) in [7, 11) is 0. The Labute approximate surface area is 395 Å². The second kappa shape index (κ2) is 15.1. The van der Waals surface area contributed by atoms with E-state index in [4.69, 9.17) is 4.74 Å². The van der Waals surface area contributed by atoms with Gasteiger partial charge in [0.15, 0.2) is 0 Å². The average Bonchev–Trinajstić information content (AvgIpc) is 3.69. The van der Waals surface area contributed by atoms with Crippen molar-refractivity contribution in [3.05, 3.63) is 277 Å². The Morgan fingerprint density at radius 3 is 1.09 bits per heavy atom. The molecule has 0 bridgehead atoms. The first kappa shape index (κ1) is 38.4. The second-order valence-corrected chi connectivity index (χ2v) is 18.0. The van der Waals surface area contributed by atoms with Crippen molar-refractivity contribution < 1.29 is 4.74 Å². The summed E-state index contributed by atoms with van der Waals surface area (Å²) in [5, 5.41) is 9.67. The van der Waals surface area contributed by atoms with E-state index in [9.17, 15) is 0 Å². The largest absolute Gasteiger partial charge is 0.457 e. The number of anilines is 6. The van der Waals surface area contributed by atoms with E-state index in [2.05, 4.69) is 265 Å². The standard InChI is InChI=1S/C65H42N2O/c1-3-21-45(22-4-1)66(61-39-43-19-7-9-25-49(43)51-27-11-13-31-55(51)61)47-35-37-59-63(41-47)68-64-42-48(36-38-60(64)65(59)57-33-17-15-29-53(57)54-30-16-18-34-58(54)65)67(46-23-5-2-6-24-46)62-40-44-20-8-10-26-50(44)52-28-12-14-32-56(52)62/h1-42H. The maximum atomic E-state index is 7.48. The fourth-order valence-electron chi connectivity index (χ4n) is 11.6. The van der Waals surface area contributed by atoms with E-state index in [0.29, 0.717) is 0 Å². The van der Waals surface area contributed by atoms with Gasteiger partial charge in [-0.3, -0.25) is 0 Å². The molecule has 0 aromatic heterocycles. The van der Waals surface area contributed by atoms with Gasteiger partial charge in [0.1, 0.15) is 11.5 Å². The summed E-state index contributed by atoms with van der Waals surface area (Å²) < 4.78 is 7.48. The van der Waals surface area contributed by atoms with Crippen LogP contribution in [0, 0.1) is 0 Å². The molecule has 14 rings (SSSR count). The zero-order valence-electron chi connectivity index (χ0n) is 37.1. The van der Waals surface area contributed by atoms with Crippen molar-refractivity contribution in [3.63, 3.8) is 0 Å². The van der Waals surface area contributed by atoms with Gasteiger partial charge in [-0.2, -0.15) is 0 Å². The predicted octanol–water partition coefficient (Wildman–Crippen LogP) is 17.7. The molecule has 0 amide bonds. The second-order valence-electron chi connectivity index (χ2n) is 18.0. The molecule has 12 aromatic carbocycles. The zero-order chi connectivity index (χ0) is 44.8. The van der Waals surface area contributed by atoms with Crippen LogP contribution in [0.2, 0.25) is 0 Å². The molecule has 0 saturated heterocycles. The lowest BCUT2D eigenvalue weighted by Crippen LogP contribution is -2.32. The molecule has 0 unspecified atom stereocenters. The van der Waals surface area contributed by atoms with Crippen LogP contribution in [-0.4, -0.2) is 0 Å². The lowest BCUT2D eigenvalue weighted by molar-refractivity contribution is 0.436. The van der Waals surface area contributed by atoms with E-state index in [0.717, 1.165) is 56.8 Å². The van der Waals surface area contributed by atoms with Crippen LogP contribution in [0.15, 0.2) is 255 Å². The Morgan fingerprint density at radius 2 is 0.632 bits per heavy atom.